The van der Waals surface area contributed by atoms with E-state index in [2.05, 4.69) is 11.9 Å². The molecule has 5 heteroatoms. The molecule has 0 bridgehead atoms. The van der Waals surface area contributed by atoms with Crippen molar-refractivity contribution in [3.63, 3.8) is 0 Å². The van der Waals surface area contributed by atoms with Gasteiger partial charge in [0.1, 0.15) is 12.3 Å². The van der Waals surface area contributed by atoms with Crippen LogP contribution in [0, 0.1) is 6.92 Å². The van der Waals surface area contributed by atoms with E-state index in [1.807, 2.05) is 6.92 Å². The molecule has 1 aromatic heterocycles. The minimum atomic E-state index is 0.0328. The van der Waals surface area contributed by atoms with Crippen LogP contribution in [0.4, 0.5) is 0 Å². The molecule has 0 aliphatic carbocycles. The summed E-state index contributed by atoms with van der Waals surface area (Å²) in [5, 5.41) is 1.01. The maximum Gasteiger partial charge on any atom is 0.200 e. The van der Waals surface area contributed by atoms with Gasteiger partial charge in [0, 0.05) is 5.69 Å². The quantitative estimate of drug-likeness (QED) is 0.905. The lowest BCUT2D eigenvalue weighted by Gasteiger charge is -2.30. The maximum atomic E-state index is 13.0. The standard InChI is InChI=1S/C18H23ClN2O2/c1-11-6-4-5-9-21(11)10-13-12(2)20-17-15(23-3)8-7-14(19)16(17)18(13)22/h7-8,11H,4-6,9-10H2,1-3H3,(H,20,22)/p+1/t11-/m0/s1. The van der Waals surface area contributed by atoms with Crippen LogP contribution in [0.2, 0.25) is 5.02 Å². The predicted octanol–water partition coefficient (Wildman–Crippen LogP) is 2.46. The number of benzene rings is 1. The molecule has 1 aromatic carbocycles. The van der Waals surface area contributed by atoms with E-state index in [0.717, 1.165) is 24.3 Å². The second-order valence-electron chi connectivity index (χ2n) is 6.54. The molecular weight excluding hydrogens is 312 g/mol. The van der Waals surface area contributed by atoms with Crippen LogP contribution in [0.1, 0.15) is 37.4 Å². The molecule has 0 radical (unpaired) electrons. The number of halogens is 1. The Morgan fingerprint density at radius 3 is 2.87 bits per heavy atom. The number of aryl methyl sites for hydroxylation is 1. The molecule has 2 aromatic rings. The molecule has 0 saturated carbocycles. The van der Waals surface area contributed by atoms with Crippen molar-refractivity contribution in [3.05, 3.63) is 38.6 Å². The van der Waals surface area contributed by atoms with Crippen molar-refractivity contribution < 1.29 is 9.64 Å². The Morgan fingerprint density at radius 2 is 2.17 bits per heavy atom. The number of quaternary nitrogens is 1. The number of hydrogen-bond donors (Lipinski definition) is 2. The van der Waals surface area contributed by atoms with Crippen molar-refractivity contribution in [2.24, 2.45) is 0 Å². The first-order chi connectivity index (χ1) is 11.0. The Bertz CT molecular complexity index is 785. The van der Waals surface area contributed by atoms with E-state index in [4.69, 9.17) is 16.3 Å². The van der Waals surface area contributed by atoms with Crippen molar-refractivity contribution in [2.75, 3.05) is 13.7 Å². The molecule has 1 fully saturated rings. The highest BCUT2D eigenvalue weighted by Crippen LogP contribution is 2.28. The van der Waals surface area contributed by atoms with Crippen molar-refractivity contribution in [3.8, 4) is 5.75 Å². The van der Waals surface area contributed by atoms with Crippen LogP contribution < -0.4 is 15.1 Å². The van der Waals surface area contributed by atoms with E-state index < -0.39 is 0 Å². The lowest BCUT2D eigenvalue weighted by molar-refractivity contribution is -0.942. The summed E-state index contributed by atoms with van der Waals surface area (Å²) >= 11 is 6.30. The minimum Gasteiger partial charge on any atom is -0.495 e. The summed E-state index contributed by atoms with van der Waals surface area (Å²) in [5.41, 5.74) is 2.48. The van der Waals surface area contributed by atoms with Crippen LogP contribution in [0.5, 0.6) is 5.75 Å². The summed E-state index contributed by atoms with van der Waals surface area (Å²) in [6.45, 7) is 6.12. The second kappa shape index (κ2) is 6.54. The maximum absolute atomic E-state index is 13.0. The summed E-state index contributed by atoms with van der Waals surface area (Å²) in [5.74, 6) is 0.648. The molecule has 1 aliphatic rings. The number of methoxy groups -OCH3 is 1. The number of fused-ring (bicyclic) bond motifs is 1. The summed E-state index contributed by atoms with van der Waals surface area (Å²) in [6, 6.07) is 4.12. The number of hydrogen-bond acceptors (Lipinski definition) is 2. The van der Waals surface area contributed by atoms with Gasteiger partial charge in [0.2, 0.25) is 0 Å². The van der Waals surface area contributed by atoms with E-state index in [1.165, 1.54) is 24.2 Å². The van der Waals surface area contributed by atoms with Crippen molar-refractivity contribution in [2.45, 2.75) is 45.7 Å². The topological polar surface area (TPSA) is 46.5 Å². The van der Waals surface area contributed by atoms with E-state index in [0.29, 0.717) is 27.7 Å². The third-order valence-corrected chi connectivity index (χ3v) is 5.40. The number of ether oxygens (including phenoxy) is 1. The summed E-state index contributed by atoms with van der Waals surface area (Å²) < 4.78 is 5.37. The minimum absolute atomic E-state index is 0.0328. The molecule has 2 heterocycles. The van der Waals surface area contributed by atoms with Crippen molar-refractivity contribution >= 4 is 22.5 Å². The zero-order valence-electron chi connectivity index (χ0n) is 14.0. The van der Waals surface area contributed by atoms with E-state index in [1.54, 1.807) is 19.2 Å². The van der Waals surface area contributed by atoms with E-state index in [9.17, 15) is 4.79 Å². The van der Waals surface area contributed by atoms with Crippen molar-refractivity contribution in [1.29, 1.82) is 0 Å². The van der Waals surface area contributed by atoms with Gasteiger partial charge in [0.15, 0.2) is 5.43 Å². The van der Waals surface area contributed by atoms with Crippen LogP contribution in [0.15, 0.2) is 16.9 Å². The summed E-state index contributed by atoms with van der Waals surface area (Å²) in [4.78, 5) is 17.9. The molecule has 3 rings (SSSR count). The first-order valence-corrected chi connectivity index (χ1v) is 8.63. The molecule has 0 amide bonds. The Labute approximate surface area is 141 Å². The van der Waals surface area contributed by atoms with Crippen LogP contribution in [-0.4, -0.2) is 24.7 Å². The number of rotatable bonds is 3. The monoisotopic (exact) mass is 335 g/mol. The highest BCUT2D eigenvalue weighted by Gasteiger charge is 2.25. The van der Waals surface area contributed by atoms with E-state index in [-0.39, 0.29) is 5.43 Å². The van der Waals surface area contributed by atoms with Gasteiger partial charge in [-0.15, -0.1) is 0 Å². The third kappa shape index (κ3) is 2.98. The molecule has 1 unspecified atom stereocenters. The number of pyridine rings is 1. The second-order valence-corrected chi connectivity index (χ2v) is 6.95. The lowest BCUT2D eigenvalue weighted by Crippen LogP contribution is -3.15. The number of nitrogens with one attached hydrogen (secondary N) is 2. The van der Waals surface area contributed by atoms with Gasteiger partial charge in [0.25, 0.3) is 0 Å². The average Bonchev–Trinajstić information content (AvgIpc) is 2.53. The van der Waals surface area contributed by atoms with Crippen LogP contribution >= 0.6 is 11.6 Å². The average molecular weight is 336 g/mol. The normalized spacial score (nSPS) is 21.6. The smallest absolute Gasteiger partial charge is 0.200 e. The van der Waals surface area contributed by atoms with Gasteiger partial charge in [-0.25, -0.2) is 0 Å². The fourth-order valence-electron chi connectivity index (χ4n) is 3.61. The molecule has 23 heavy (non-hydrogen) atoms. The number of likely N-dealkylation sites (tertiary alicyclic amines) is 1. The Morgan fingerprint density at radius 1 is 1.39 bits per heavy atom. The first kappa shape index (κ1) is 16.3. The largest absolute Gasteiger partial charge is 0.495 e. The zero-order valence-corrected chi connectivity index (χ0v) is 14.7. The van der Waals surface area contributed by atoms with Crippen molar-refractivity contribution in [1.82, 2.24) is 4.98 Å². The molecule has 124 valence electrons. The van der Waals surface area contributed by atoms with Gasteiger partial charge in [0.05, 0.1) is 41.2 Å². The molecule has 2 atom stereocenters. The summed E-state index contributed by atoms with van der Waals surface area (Å²) in [7, 11) is 1.60. The van der Waals surface area contributed by atoms with Gasteiger partial charge in [-0.1, -0.05) is 11.6 Å². The fourth-order valence-corrected chi connectivity index (χ4v) is 3.86. The Hall–Kier alpha value is -1.52. The SMILES string of the molecule is COc1ccc(Cl)c2c(=O)c(C[NH+]3CCCC[C@@H]3C)c(C)[nH]c12. The molecular formula is C18H24ClN2O2+. The highest BCUT2D eigenvalue weighted by molar-refractivity contribution is 6.35. The number of H-pyrrole nitrogens is 1. The highest BCUT2D eigenvalue weighted by atomic mass is 35.5. The van der Waals surface area contributed by atoms with Crippen LogP contribution in [0.25, 0.3) is 10.9 Å². The Kier molecular flexibility index (Phi) is 4.64. The van der Waals surface area contributed by atoms with Gasteiger partial charge in [-0.05, 0) is 45.2 Å². The molecule has 1 aliphatic heterocycles. The zero-order chi connectivity index (χ0) is 16.6. The lowest BCUT2D eigenvalue weighted by atomic mass is 10.0. The fraction of sp³-hybridized carbons (Fsp3) is 0.500. The predicted molar refractivity (Wildman–Crippen MR) is 93.7 cm³/mol. The molecule has 0 spiro atoms. The van der Waals surface area contributed by atoms with Crippen LogP contribution in [0.3, 0.4) is 0 Å². The number of aromatic amines is 1. The number of piperidine rings is 1. The van der Waals surface area contributed by atoms with Gasteiger partial charge >= 0.3 is 0 Å². The first-order valence-electron chi connectivity index (χ1n) is 8.25. The van der Waals surface area contributed by atoms with Gasteiger partial charge < -0.3 is 14.6 Å². The molecule has 4 nitrogen and oxygen atoms in total. The molecule has 1 saturated heterocycles. The summed E-state index contributed by atoms with van der Waals surface area (Å²) in [6.07, 6.45) is 3.76. The molecule has 2 N–H and O–H groups in total. The van der Waals surface area contributed by atoms with E-state index >= 15 is 0 Å². The number of aromatic nitrogens is 1. The van der Waals surface area contributed by atoms with Crippen LogP contribution in [-0.2, 0) is 6.54 Å². The van der Waals surface area contributed by atoms with Gasteiger partial charge in [-0.3, -0.25) is 4.79 Å². The Balaban J connectivity index is 2.11. The van der Waals surface area contributed by atoms with Gasteiger partial charge in [-0.2, -0.15) is 0 Å². The third-order valence-electron chi connectivity index (χ3n) is 5.09.